The Hall–Kier alpha value is -1.53. The normalized spacial score (nSPS) is 13.4. The van der Waals surface area contributed by atoms with Crippen LogP contribution >= 0.6 is 31.9 Å². The number of carbonyl (C=O) groups is 1. The number of alkyl halides is 2. The van der Waals surface area contributed by atoms with Crippen LogP contribution in [0.1, 0.15) is 26.3 Å². The summed E-state index contributed by atoms with van der Waals surface area (Å²) in [6.45, 7) is 1.96. The maximum Gasteiger partial charge on any atom is 0.269 e. The Morgan fingerprint density at radius 3 is 2.09 bits per heavy atom. The molecule has 114 valence electrons. The molecule has 22 heavy (non-hydrogen) atoms. The summed E-state index contributed by atoms with van der Waals surface area (Å²) >= 11 is 6.91. The second-order valence-electron chi connectivity index (χ2n) is 4.88. The predicted octanol–water partition coefficient (Wildman–Crippen LogP) is 4.99. The van der Waals surface area contributed by atoms with Crippen LogP contribution in [-0.4, -0.2) is 15.5 Å². The van der Waals surface area contributed by atoms with E-state index in [0.717, 1.165) is 11.1 Å². The van der Waals surface area contributed by atoms with E-state index in [0.29, 0.717) is 5.56 Å². The van der Waals surface area contributed by atoms with Crippen LogP contribution in [0.4, 0.5) is 5.69 Å². The zero-order valence-corrected chi connectivity index (χ0v) is 14.9. The zero-order chi connectivity index (χ0) is 16.3. The molecule has 0 fully saturated rings. The van der Waals surface area contributed by atoms with Gasteiger partial charge in [0.1, 0.15) is 0 Å². The Morgan fingerprint density at radius 1 is 1.05 bits per heavy atom. The molecule has 2 aromatic carbocycles. The third kappa shape index (κ3) is 3.81. The van der Waals surface area contributed by atoms with Gasteiger partial charge in [0.2, 0.25) is 0 Å². The van der Waals surface area contributed by atoms with Gasteiger partial charge >= 0.3 is 0 Å². The van der Waals surface area contributed by atoms with Crippen molar-refractivity contribution < 1.29 is 9.72 Å². The minimum absolute atomic E-state index is 0.0273. The molecule has 0 aliphatic carbocycles. The highest BCUT2D eigenvalue weighted by Crippen LogP contribution is 2.34. The number of non-ortho nitro benzene ring substituents is 1. The standard InChI is InChI=1S/C16H13Br2NO3/c1-10-2-4-12(5-3-10)16(20)15(18)14(17)11-6-8-13(9-7-11)19(21)22/h2-9,14-15H,1H3/t14-,15+/m0/s1. The number of ketones is 1. The van der Waals surface area contributed by atoms with Crippen LogP contribution in [0.25, 0.3) is 0 Å². The third-order valence-electron chi connectivity index (χ3n) is 3.27. The molecule has 0 spiro atoms. The van der Waals surface area contributed by atoms with Crippen molar-refractivity contribution in [1.82, 2.24) is 0 Å². The number of carbonyl (C=O) groups excluding carboxylic acids is 1. The van der Waals surface area contributed by atoms with Crippen LogP contribution in [0.15, 0.2) is 48.5 Å². The van der Waals surface area contributed by atoms with E-state index in [4.69, 9.17) is 0 Å². The summed E-state index contributed by atoms with van der Waals surface area (Å²) < 4.78 is 0. The molecule has 0 aromatic heterocycles. The van der Waals surface area contributed by atoms with Crippen LogP contribution in [0.2, 0.25) is 0 Å². The van der Waals surface area contributed by atoms with E-state index in [9.17, 15) is 14.9 Å². The Morgan fingerprint density at radius 2 is 1.59 bits per heavy atom. The topological polar surface area (TPSA) is 60.2 Å². The Labute approximate surface area is 144 Å². The first-order valence-electron chi connectivity index (χ1n) is 6.53. The third-order valence-corrected chi connectivity index (χ3v) is 5.98. The lowest BCUT2D eigenvalue weighted by Gasteiger charge is -2.16. The van der Waals surface area contributed by atoms with Gasteiger partial charge in [-0.25, -0.2) is 0 Å². The van der Waals surface area contributed by atoms with Crippen molar-refractivity contribution in [2.24, 2.45) is 0 Å². The highest BCUT2D eigenvalue weighted by molar-refractivity contribution is 9.12. The van der Waals surface area contributed by atoms with Gasteiger partial charge < -0.3 is 0 Å². The number of Topliss-reactive ketones (excluding diaryl/α,β-unsaturated/α-hetero) is 1. The minimum Gasteiger partial charge on any atom is -0.293 e. The average molecular weight is 427 g/mol. The summed E-state index contributed by atoms with van der Waals surface area (Å²) in [5, 5.41) is 10.7. The number of benzene rings is 2. The summed E-state index contributed by atoms with van der Waals surface area (Å²) in [7, 11) is 0. The molecule has 0 N–H and O–H groups in total. The number of hydrogen-bond acceptors (Lipinski definition) is 3. The van der Waals surface area contributed by atoms with Crippen LogP contribution in [-0.2, 0) is 0 Å². The van der Waals surface area contributed by atoms with E-state index in [1.54, 1.807) is 24.3 Å². The van der Waals surface area contributed by atoms with Crippen molar-refractivity contribution in [3.05, 3.63) is 75.3 Å². The summed E-state index contributed by atoms with van der Waals surface area (Å²) in [5.41, 5.74) is 2.54. The lowest BCUT2D eigenvalue weighted by atomic mass is 10.0. The maximum atomic E-state index is 12.5. The molecule has 0 bridgehead atoms. The van der Waals surface area contributed by atoms with Gasteiger partial charge in [0.15, 0.2) is 5.78 Å². The first kappa shape index (κ1) is 16.8. The molecule has 6 heteroatoms. The quantitative estimate of drug-likeness (QED) is 0.293. The number of aryl methyl sites for hydroxylation is 1. The number of rotatable bonds is 5. The molecule has 0 aliphatic rings. The van der Waals surface area contributed by atoms with Gasteiger partial charge in [-0.1, -0.05) is 73.8 Å². The molecule has 0 heterocycles. The number of halogens is 2. The van der Waals surface area contributed by atoms with Crippen molar-refractivity contribution in [2.75, 3.05) is 0 Å². The molecule has 0 saturated heterocycles. The van der Waals surface area contributed by atoms with Crippen LogP contribution in [0.3, 0.4) is 0 Å². The maximum absolute atomic E-state index is 12.5. The molecule has 0 radical (unpaired) electrons. The van der Waals surface area contributed by atoms with E-state index in [1.807, 2.05) is 19.1 Å². The smallest absolute Gasteiger partial charge is 0.269 e. The molecule has 4 nitrogen and oxygen atoms in total. The molecule has 2 atom stereocenters. The van der Waals surface area contributed by atoms with Crippen molar-refractivity contribution in [3.8, 4) is 0 Å². The summed E-state index contributed by atoms with van der Waals surface area (Å²) in [6.07, 6.45) is 0. The largest absolute Gasteiger partial charge is 0.293 e. The molecule has 0 saturated carbocycles. The monoisotopic (exact) mass is 425 g/mol. The van der Waals surface area contributed by atoms with Crippen molar-refractivity contribution in [1.29, 1.82) is 0 Å². The van der Waals surface area contributed by atoms with E-state index >= 15 is 0 Å². The van der Waals surface area contributed by atoms with E-state index in [2.05, 4.69) is 31.9 Å². The molecule has 2 aromatic rings. The van der Waals surface area contributed by atoms with E-state index < -0.39 is 9.75 Å². The summed E-state index contributed by atoms with van der Waals surface area (Å²) in [5.74, 6) is -0.0415. The first-order valence-corrected chi connectivity index (χ1v) is 8.36. The molecule has 0 aliphatic heterocycles. The van der Waals surface area contributed by atoms with Gasteiger partial charge in [0, 0.05) is 17.7 Å². The SMILES string of the molecule is Cc1ccc(C(=O)[C@H](Br)[C@@H](Br)c2ccc([N+](=O)[O-])cc2)cc1. The van der Waals surface area contributed by atoms with Crippen LogP contribution in [0.5, 0.6) is 0 Å². The molecule has 2 rings (SSSR count). The van der Waals surface area contributed by atoms with Crippen LogP contribution < -0.4 is 0 Å². The van der Waals surface area contributed by atoms with Gasteiger partial charge in [-0.3, -0.25) is 14.9 Å². The number of nitrogens with zero attached hydrogens (tertiary/aromatic N) is 1. The van der Waals surface area contributed by atoms with E-state index in [-0.39, 0.29) is 16.3 Å². The highest BCUT2D eigenvalue weighted by atomic mass is 79.9. The molecular formula is C16H13Br2NO3. The van der Waals surface area contributed by atoms with Gasteiger partial charge in [0.05, 0.1) is 14.6 Å². The first-order chi connectivity index (χ1) is 10.4. The average Bonchev–Trinajstić information content (AvgIpc) is 2.53. The Balaban J connectivity index is 2.17. The Bertz CT molecular complexity index is 684. The lowest BCUT2D eigenvalue weighted by Crippen LogP contribution is -2.19. The molecule has 0 unspecified atom stereocenters. The fourth-order valence-corrected chi connectivity index (χ4v) is 3.07. The fraction of sp³-hybridized carbons (Fsp3) is 0.188. The van der Waals surface area contributed by atoms with Crippen molar-refractivity contribution in [2.45, 2.75) is 16.6 Å². The summed E-state index contributed by atoms with van der Waals surface area (Å²) in [4.78, 5) is 21.9. The second kappa shape index (κ2) is 7.15. The van der Waals surface area contributed by atoms with Gasteiger partial charge in [-0.05, 0) is 12.5 Å². The lowest BCUT2D eigenvalue weighted by molar-refractivity contribution is -0.384. The fourth-order valence-electron chi connectivity index (χ4n) is 1.96. The van der Waals surface area contributed by atoms with Gasteiger partial charge in [-0.15, -0.1) is 0 Å². The summed E-state index contributed by atoms with van der Waals surface area (Å²) in [6, 6.07) is 13.5. The number of hydrogen-bond donors (Lipinski definition) is 0. The molecule has 0 amide bonds. The Kier molecular flexibility index (Phi) is 5.47. The van der Waals surface area contributed by atoms with Crippen LogP contribution in [0, 0.1) is 17.0 Å². The number of nitro groups is 1. The molecular weight excluding hydrogens is 414 g/mol. The number of nitro benzene ring substituents is 1. The predicted molar refractivity (Wildman–Crippen MR) is 93.0 cm³/mol. The van der Waals surface area contributed by atoms with Gasteiger partial charge in [-0.2, -0.15) is 0 Å². The van der Waals surface area contributed by atoms with Crippen molar-refractivity contribution >= 4 is 43.3 Å². The second-order valence-corrected chi connectivity index (χ2v) is 6.86. The minimum atomic E-state index is -0.461. The van der Waals surface area contributed by atoms with Gasteiger partial charge in [0.25, 0.3) is 5.69 Å². The highest BCUT2D eigenvalue weighted by Gasteiger charge is 2.26. The van der Waals surface area contributed by atoms with E-state index in [1.165, 1.54) is 12.1 Å². The zero-order valence-electron chi connectivity index (χ0n) is 11.7. The van der Waals surface area contributed by atoms with Crippen molar-refractivity contribution in [3.63, 3.8) is 0 Å².